The fourth-order valence-electron chi connectivity index (χ4n) is 4.12. The second kappa shape index (κ2) is 11.0. The number of hydrogen-bond acceptors (Lipinski definition) is 7. The average molecular weight is 536 g/mol. The van der Waals surface area contributed by atoms with Crippen LogP contribution in [0.25, 0.3) is 0 Å². The lowest BCUT2D eigenvalue weighted by Gasteiger charge is -2.27. The van der Waals surface area contributed by atoms with Gasteiger partial charge in [-0.25, -0.2) is 13.3 Å². The zero-order valence-corrected chi connectivity index (χ0v) is 21.5. The van der Waals surface area contributed by atoms with Gasteiger partial charge in [0.1, 0.15) is 11.8 Å². The Labute approximate surface area is 219 Å². The number of benzene rings is 3. The van der Waals surface area contributed by atoms with Crippen molar-refractivity contribution >= 4 is 45.1 Å². The number of ether oxygens (including phenoxy) is 1. The molecule has 1 unspecified atom stereocenters. The lowest BCUT2D eigenvalue weighted by atomic mass is 10.2. The van der Waals surface area contributed by atoms with Crippen molar-refractivity contribution < 1.29 is 32.3 Å². The predicted molar refractivity (Wildman–Crippen MR) is 139 cm³/mol. The Bertz CT molecular complexity index is 1470. The molecule has 10 nitrogen and oxygen atoms in total. The van der Waals surface area contributed by atoms with Crippen molar-refractivity contribution in [3.05, 3.63) is 84.4 Å². The smallest absolute Gasteiger partial charge is 0.308 e. The molecule has 1 N–H and O–H groups in total. The molecule has 38 heavy (non-hydrogen) atoms. The van der Waals surface area contributed by atoms with Gasteiger partial charge in [0, 0.05) is 26.1 Å². The van der Waals surface area contributed by atoms with Crippen LogP contribution < -0.4 is 15.0 Å². The maximum absolute atomic E-state index is 13.8. The number of anilines is 2. The third-order valence-electron chi connectivity index (χ3n) is 5.79. The van der Waals surface area contributed by atoms with Crippen molar-refractivity contribution in [3.8, 4) is 5.75 Å². The average Bonchev–Trinajstić information content (AvgIpc) is 3.16. The molecule has 3 aromatic carbocycles. The number of carbonyl (C=O) groups excluding carboxylic acids is 4. The summed E-state index contributed by atoms with van der Waals surface area (Å²) < 4.78 is 33.6. The van der Waals surface area contributed by atoms with Gasteiger partial charge in [-0.05, 0) is 54.1 Å². The minimum atomic E-state index is -4.25. The Kier molecular flexibility index (Phi) is 7.70. The fraction of sp³-hybridized carbons (Fsp3) is 0.185. The highest BCUT2D eigenvalue weighted by Gasteiger charge is 2.47. The van der Waals surface area contributed by atoms with Gasteiger partial charge in [-0.2, -0.15) is 4.31 Å². The van der Waals surface area contributed by atoms with E-state index in [9.17, 15) is 27.6 Å². The molecule has 0 spiro atoms. The number of hydrogen-bond donors (Lipinski definition) is 1. The Morgan fingerprint density at radius 1 is 0.947 bits per heavy atom. The summed E-state index contributed by atoms with van der Waals surface area (Å²) >= 11 is 0. The van der Waals surface area contributed by atoms with E-state index in [0.717, 1.165) is 9.21 Å². The predicted octanol–water partition coefficient (Wildman–Crippen LogP) is 3.09. The molecule has 1 aliphatic rings. The number of sulfonamides is 1. The maximum atomic E-state index is 13.8. The van der Waals surface area contributed by atoms with Crippen molar-refractivity contribution in [1.82, 2.24) is 4.31 Å². The standard InChI is InChI=1S/C27H25N3O7S/c1-18(31)28-21-8-14-24(15-9-21)38(35,36)29(17-20-6-4-3-5-7-20)25-16-26(33)30(27(25)34)22-10-12-23(13-11-22)37-19(2)32/h3-15,25H,16-17H2,1-2H3,(H,28,31). The highest BCUT2D eigenvalue weighted by molar-refractivity contribution is 7.89. The largest absolute Gasteiger partial charge is 0.427 e. The van der Waals surface area contributed by atoms with Crippen LogP contribution in [0.2, 0.25) is 0 Å². The zero-order chi connectivity index (χ0) is 27.4. The number of carbonyl (C=O) groups is 4. The molecule has 1 aliphatic heterocycles. The van der Waals surface area contributed by atoms with Gasteiger partial charge in [-0.1, -0.05) is 30.3 Å². The van der Waals surface area contributed by atoms with Crippen molar-refractivity contribution in [2.75, 3.05) is 10.2 Å². The Morgan fingerprint density at radius 3 is 2.16 bits per heavy atom. The summed E-state index contributed by atoms with van der Waals surface area (Å²) in [4.78, 5) is 49.9. The number of rotatable bonds is 8. The molecule has 1 saturated heterocycles. The lowest BCUT2D eigenvalue weighted by Crippen LogP contribution is -2.45. The SMILES string of the molecule is CC(=O)Nc1ccc(S(=O)(=O)N(Cc2ccccc2)C2CC(=O)N(c3ccc(OC(C)=O)cc3)C2=O)cc1. The molecule has 3 aromatic rings. The van der Waals surface area contributed by atoms with Crippen LogP contribution >= 0.6 is 0 Å². The minimum absolute atomic E-state index is 0.0908. The van der Waals surface area contributed by atoms with Crippen molar-refractivity contribution in [2.45, 2.75) is 37.8 Å². The van der Waals surface area contributed by atoms with Crippen LogP contribution in [0, 0.1) is 0 Å². The van der Waals surface area contributed by atoms with Crippen molar-refractivity contribution in [3.63, 3.8) is 0 Å². The van der Waals surface area contributed by atoms with E-state index in [0.29, 0.717) is 11.3 Å². The highest BCUT2D eigenvalue weighted by Crippen LogP contribution is 2.31. The molecule has 0 radical (unpaired) electrons. The van der Waals surface area contributed by atoms with E-state index in [2.05, 4.69) is 5.32 Å². The van der Waals surface area contributed by atoms with Crippen LogP contribution in [0.1, 0.15) is 25.8 Å². The molecule has 1 atom stereocenters. The Balaban J connectivity index is 1.68. The van der Waals surface area contributed by atoms with Gasteiger partial charge in [-0.15, -0.1) is 0 Å². The summed E-state index contributed by atoms with van der Waals surface area (Å²) in [5, 5.41) is 2.58. The maximum Gasteiger partial charge on any atom is 0.308 e. The van der Waals surface area contributed by atoms with E-state index in [4.69, 9.17) is 4.74 Å². The molecular weight excluding hydrogens is 510 g/mol. The Morgan fingerprint density at radius 2 is 1.58 bits per heavy atom. The number of esters is 1. The quantitative estimate of drug-likeness (QED) is 0.266. The lowest BCUT2D eigenvalue weighted by molar-refractivity contribution is -0.132. The van der Waals surface area contributed by atoms with E-state index >= 15 is 0 Å². The summed E-state index contributed by atoms with van der Waals surface area (Å²) in [5.74, 6) is -1.83. The normalized spacial score (nSPS) is 15.6. The monoisotopic (exact) mass is 535 g/mol. The molecular formula is C27H25N3O7S. The number of imide groups is 1. The summed E-state index contributed by atoms with van der Waals surface area (Å²) in [6.45, 7) is 2.45. The van der Waals surface area contributed by atoms with Gasteiger partial charge in [0.25, 0.3) is 5.91 Å². The summed E-state index contributed by atoms with van der Waals surface area (Å²) in [7, 11) is -4.25. The summed E-state index contributed by atoms with van der Waals surface area (Å²) in [6, 6.07) is 18.8. The minimum Gasteiger partial charge on any atom is -0.427 e. The van der Waals surface area contributed by atoms with Crippen LogP contribution in [-0.2, 0) is 35.7 Å². The van der Waals surface area contributed by atoms with Gasteiger partial charge in [0.15, 0.2) is 0 Å². The molecule has 0 saturated carbocycles. The molecule has 11 heteroatoms. The summed E-state index contributed by atoms with van der Waals surface area (Å²) in [5.41, 5.74) is 1.28. The van der Waals surface area contributed by atoms with Gasteiger partial charge in [0.2, 0.25) is 21.8 Å². The van der Waals surface area contributed by atoms with Gasteiger partial charge in [-0.3, -0.25) is 19.2 Å². The molecule has 1 heterocycles. The number of amides is 3. The van der Waals surface area contributed by atoms with Gasteiger partial charge in [0.05, 0.1) is 17.0 Å². The van der Waals surface area contributed by atoms with Crippen molar-refractivity contribution in [2.24, 2.45) is 0 Å². The van der Waals surface area contributed by atoms with Crippen molar-refractivity contribution in [1.29, 1.82) is 0 Å². The number of nitrogens with zero attached hydrogens (tertiary/aromatic N) is 2. The fourth-order valence-corrected chi connectivity index (χ4v) is 5.69. The first-order valence-electron chi connectivity index (χ1n) is 11.6. The zero-order valence-electron chi connectivity index (χ0n) is 20.7. The first kappa shape index (κ1) is 26.7. The van der Waals surface area contributed by atoms with E-state index < -0.39 is 33.8 Å². The number of nitrogens with one attached hydrogen (secondary N) is 1. The van der Waals surface area contributed by atoms with E-state index in [1.807, 2.05) is 0 Å². The molecule has 0 bridgehead atoms. The molecule has 196 valence electrons. The van der Waals surface area contributed by atoms with Crippen LogP contribution in [0.4, 0.5) is 11.4 Å². The van der Waals surface area contributed by atoms with Crippen LogP contribution in [0.5, 0.6) is 5.75 Å². The van der Waals surface area contributed by atoms with E-state index in [1.165, 1.54) is 62.4 Å². The molecule has 0 aromatic heterocycles. The molecule has 4 rings (SSSR count). The third kappa shape index (κ3) is 5.79. The molecule has 1 fully saturated rings. The third-order valence-corrected chi connectivity index (χ3v) is 7.66. The van der Waals surface area contributed by atoms with Crippen LogP contribution in [-0.4, -0.2) is 42.5 Å². The first-order chi connectivity index (χ1) is 18.1. The Hall–Kier alpha value is -4.35. The molecule has 0 aliphatic carbocycles. The first-order valence-corrected chi connectivity index (χ1v) is 13.1. The van der Waals surface area contributed by atoms with Gasteiger partial charge < -0.3 is 10.1 Å². The summed E-state index contributed by atoms with van der Waals surface area (Å²) in [6.07, 6.45) is -0.347. The highest BCUT2D eigenvalue weighted by atomic mass is 32.2. The van der Waals surface area contributed by atoms with E-state index in [1.54, 1.807) is 30.3 Å². The van der Waals surface area contributed by atoms with Crippen LogP contribution in [0.3, 0.4) is 0 Å². The topological polar surface area (TPSA) is 130 Å². The second-order valence-corrected chi connectivity index (χ2v) is 10.5. The second-order valence-electron chi connectivity index (χ2n) is 8.62. The van der Waals surface area contributed by atoms with E-state index in [-0.39, 0.29) is 35.2 Å². The van der Waals surface area contributed by atoms with Crippen LogP contribution in [0.15, 0.2) is 83.8 Å². The molecule has 3 amide bonds. The van der Waals surface area contributed by atoms with Gasteiger partial charge >= 0.3 is 5.97 Å².